The fraction of sp³-hybridized carbons (Fsp3) is 0.417. The summed E-state index contributed by atoms with van der Waals surface area (Å²) in [6.45, 7) is 1.09. The van der Waals surface area contributed by atoms with E-state index in [-0.39, 0.29) is 17.5 Å². The van der Waals surface area contributed by atoms with Crippen LogP contribution >= 0.6 is 0 Å². The van der Waals surface area contributed by atoms with Gasteiger partial charge in [-0.3, -0.25) is 4.79 Å². The first-order chi connectivity index (χ1) is 7.25. The molecule has 0 saturated carbocycles. The van der Waals surface area contributed by atoms with Crippen molar-refractivity contribution >= 4 is 5.78 Å². The molecule has 0 aliphatic carbocycles. The van der Waals surface area contributed by atoms with Crippen LogP contribution in [0.3, 0.4) is 0 Å². The Morgan fingerprint density at radius 2 is 2.07 bits per heavy atom. The molecule has 1 atom stereocenters. The van der Waals surface area contributed by atoms with Crippen molar-refractivity contribution < 1.29 is 14.6 Å². The zero-order chi connectivity index (χ0) is 10.7. The van der Waals surface area contributed by atoms with Gasteiger partial charge in [0.1, 0.15) is 11.5 Å². The van der Waals surface area contributed by atoms with Gasteiger partial charge in [0.2, 0.25) is 0 Å². The largest absolute Gasteiger partial charge is 0.508 e. The van der Waals surface area contributed by atoms with Crippen molar-refractivity contribution in [2.24, 2.45) is 5.92 Å². The van der Waals surface area contributed by atoms with Gasteiger partial charge in [0.25, 0.3) is 0 Å². The van der Waals surface area contributed by atoms with Gasteiger partial charge in [-0.05, 0) is 24.1 Å². The van der Waals surface area contributed by atoms with E-state index in [0.29, 0.717) is 26.1 Å². The molecule has 0 spiro atoms. The third-order valence-electron chi connectivity index (χ3n) is 2.69. The molecule has 0 amide bonds. The van der Waals surface area contributed by atoms with Crippen LogP contribution in [0.2, 0.25) is 0 Å². The molecule has 1 aliphatic heterocycles. The maximum absolute atomic E-state index is 11.5. The monoisotopic (exact) mass is 206 g/mol. The van der Waals surface area contributed by atoms with E-state index in [0.717, 1.165) is 5.56 Å². The summed E-state index contributed by atoms with van der Waals surface area (Å²) in [5.41, 5.74) is 1.07. The smallest absolute Gasteiger partial charge is 0.140 e. The zero-order valence-electron chi connectivity index (χ0n) is 8.48. The van der Waals surface area contributed by atoms with Gasteiger partial charge in [0, 0.05) is 12.3 Å². The summed E-state index contributed by atoms with van der Waals surface area (Å²) in [6.07, 6.45) is 1.24. The molecular weight excluding hydrogens is 192 g/mol. The maximum Gasteiger partial charge on any atom is 0.140 e. The van der Waals surface area contributed by atoms with E-state index in [9.17, 15) is 4.79 Å². The number of hydrogen-bond donors (Lipinski definition) is 1. The molecule has 0 aromatic heterocycles. The van der Waals surface area contributed by atoms with Gasteiger partial charge < -0.3 is 9.84 Å². The minimum atomic E-state index is -0.0108. The van der Waals surface area contributed by atoms with Crippen LogP contribution in [0.5, 0.6) is 5.75 Å². The highest BCUT2D eigenvalue weighted by molar-refractivity contribution is 5.82. The minimum absolute atomic E-state index is 0.0108. The normalized spacial score (nSPS) is 21.6. The summed E-state index contributed by atoms with van der Waals surface area (Å²) in [6, 6.07) is 6.97. The number of phenols is 1. The van der Waals surface area contributed by atoms with Gasteiger partial charge in [0.05, 0.1) is 13.2 Å². The van der Waals surface area contributed by atoms with Crippen molar-refractivity contribution in [1.82, 2.24) is 0 Å². The van der Waals surface area contributed by atoms with E-state index in [1.807, 2.05) is 12.1 Å². The predicted octanol–water partition coefficient (Wildman–Crippen LogP) is 1.54. The molecule has 3 heteroatoms. The second-order valence-corrected chi connectivity index (χ2v) is 3.86. The summed E-state index contributed by atoms with van der Waals surface area (Å²) < 4.78 is 5.28. The molecule has 0 bridgehead atoms. The number of ketones is 1. The molecule has 1 aliphatic rings. The van der Waals surface area contributed by atoms with Crippen molar-refractivity contribution in [1.29, 1.82) is 0 Å². The Hall–Kier alpha value is -1.35. The van der Waals surface area contributed by atoms with E-state index in [1.54, 1.807) is 12.1 Å². The number of rotatable bonds is 2. The Morgan fingerprint density at radius 3 is 2.73 bits per heavy atom. The molecule has 1 heterocycles. The molecule has 1 unspecified atom stereocenters. The molecule has 1 aromatic rings. The van der Waals surface area contributed by atoms with E-state index < -0.39 is 0 Å². The van der Waals surface area contributed by atoms with Crippen LogP contribution in [0.15, 0.2) is 24.3 Å². The number of ether oxygens (including phenoxy) is 1. The Labute approximate surface area is 88.7 Å². The Kier molecular flexibility index (Phi) is 3.02. The van der Waals surface area contributed by atoms with Crippen molar-refractivity contribution in [2.75, 3.05) is 13.2 Å². The molecule has 3 nitrogen and oxygen atoms in total. The summed E-state index contributed by atoms with van der Waals surface area (Å²) >= 11 is 0. The minimum Gasteiger partial charge on any atom is -0.508 e. The van der Waals surface area contributed by atoms with Crippen LogP contribution in [0.4, 0.5) is 0 Å². The lowest BCUT2D eigenvalue weighted by Gasteiger charge is -2.20. The molecule has 1 fully saturated rings. The number of Topliss-reactive ketones (excluding diaryl/α,β-unsaturated/α-hetero) is 1. The molecule has 80 valence electrons. The average Bonchev–Trinajstić information content (AvgIpc) is 2.25. The summed E-state index contributed by atoms with van der Waals surface area (Å²) in [7, 11) is 0. The first-order valence-electron chi connectivity index (χ1n) is 5.14. The lowest BCUT2D eigenvalue weighted by molar-refractivity contribution is -0.130. The molecule has 2 rings (SSSR count). The lowest BCUT2D eigenvalue weighted by Crippen LogP contribution is -2.29. The molecular formula is C12H14O3. The lowest BCUT2D eigenvalue weighted by atomic mass is 9.93. The van der Waals surface area contributed by atoms with E-state index in [1.165, 1.54) is 0 Å². The highest BCUT2D eigenvalue weighted by atomic mass is 16.5. The van der Waals surface area contributed by atoms with Crippen molar-refractivity contribution in [3.8, 4) is 5.75 Å². The standard InChI is InChI=1S/C12H14O3/c13-11-3-1-9(2-4-11)7-10-8-15-6-5-12(10)14/h1-4,10,13H,5-8H2. The van der Waals surface area contributed by atoms with E-state index in [4.69, 9.17) is 9.84 Å². The molecule has 1 N–H and O–H groups in total. The third kappa shape index (κ3) is 2.57. The number of aromatic hydroxyl groups is 1. The number of hydrogen-bond acceptors (Lipinski definition) is 3. The molecule has 15 heavy (non-hydrogen) atoms. The fourth-order valence-corrected chi connectivity index (χ4v) is 1.78. The van der Waals surface area contributed by atoms with Crippen molar-refractivity contribution in [3.05, 3.63) is 29.8 Å². The zero-order valence-corrected chi connectivity index (χ0v) is 8.48. The average molecular weight is 206 g/mol. The summed E-state index contributed by atoms with van der Waals surface area (Å²) in [4.78, 5) is 11.5. The van der Waals surface area contributed by atoms with Gasteiger partial charge >= 0.3 is 0 Å². The van der Waals surface area contributed by atoms with E-state index >= 15 is 0 Å². The van der Waals surface area contributed by atoms with Crippen molar-refractivity contribution in [2.45, 2.75) is 12.8 Å². The van der Waals surface area contributed by atoms with Gasteiger partial charge in [-0.25, -0.2) is 0 Å². The van der Waals surface area contributed by atoms with E-state index in [2.05, 4.69) is 0 Å². The van der Waals surface area contributed by atoms with Crippen LogP contribution in [-0.4, -0.2) is 24.1 Å². The SMILES string of the molecule is O=C1CCOCC1Cc1ccc(O)cc1. The highest BCUT2D eigenvalue weighted by Crippen LogP contribution is 2.17. The number of phenolic OH excluding ortho intramolecular Hbond substituents is 1. The second-order valence-electron chi connectivity index (χ2n) is 3.86. The van der Waals surface area contributed by atoms with Crippen LogP contribution in [-0.2, 0) is 16.0 Å². The van der Waals surface area contributed by atoms with Gasteiger partial charge in [-0.1, -0.05) is 12.1 Å². The number of carbonyl (C=O) groups excluding carboxylic acids is 1. The van der Waals surface area contributed by atoms with Crippen LogP contribution in [0, 0.1) is 5.92 Å². The Morgan fingerprint density at radius 1 is 1.33 bits per heavy atom. The topological polar surface area (TPSA) is 46.5 Å². The first-order valence-corrected chi connectivity index (χ1v) is 5.14. The van der Waals surface area contributed by atoms with Crippen LogP contribution in [0.1, 0.15) is 12.0 Å². The maximum atomic E-state index is 11.5. The summed E-state index contributed by atoms with van der Waals surface area (Å²) in [5, 5.41) is 9.12. The Bertz CT molecular complexity index is 342. The second kappa shape index (κ2) is 4.45. The van der Waals surface area contributed by atoms with Crippen molar-refractivity contribution in [3.63, 3.8) is 0 Å². The first kappa shape index (κ1) is 10.2. The van der Waals surface area contributed by atoms with Gasteiger partial charge in [0.15, 0.2) is 0 Å². The quantitative estimate of drug-likeness (QED) is 0.798. The molecule has 0 radical (unpaired) electrons. The van der Waals surface area contributed by atoms with Crippen LogP contribution < -0.4 is 0 Å². The van der Waals surface area contributed by atoms with Gasteiger partial charge in [-0.15, -0.1) is 0 Å². The third-order valence-corrected chi connectivity index (χ3v) is 2.69. The van der Waals surface area contributed by atoms with Gasteiger partial charge in [-0.2, -0.15) is 0 Å². The molecule has 1 saturated heterocycles. The highest BCUT2D eigenvalue weighted by Gasteiger charge is 2.22. The number of benzene rings is 1. The number of carbonyl (C=O) groups is 1. The Balaban J connectivity index is 2.01. The predicted molar refractivity (Wildman–Crippen MR) is 55.7 cm³/mol. The van der Waals surface area contributed by atoms with Crippen LogP contribution in [0.25, 0.3) is 0 Å². The summed E-state index contributed by atoms with van der Waals surface area (Å²) in [5.74, 6) is 0.530. The molecule has 1 aromatic carbocycles. The fourth-order valence-electron chi connectivity index (χ4n) is 1.78.